The third-order valence-electron chi connectivity index (χ3n) is 4.26. The fourth-order valence-electron chi connectivity index (χ4n) is 2.63. The van der Waals surface area contributed by atoms with Crippen LogP contribution < -0.4 is 16.0 Å². The third kappa shape index (κ3) is 9.43. The van der Waals surface area contributed by atoms with E-state index in [2.05, 4.69) is 27.9 Å². The van der Waals surface area contributed by atoms with Gasteiger partial charge in [-0.15, -0.1) is 0 Å². The van der Waals surface area contributed by atoms with Crippen molar-refractivity contribution in [3.05, 3.63) is 29.8 Å². The van der Waals surface area contributed by atoms with E-state index >= 15 is 0 Å². The molecule has 0 bridgehead atoms. The fraction of sp³-hybridized carbons (Fsp3) is 0.619. The van der Waals surface area contributed by atoms with Gasteiger partial charge in [0.1, 0.15) is 0 Å². The van der Waals surface area contributed by atoms with Crippen molar-refractivity contribution >= 4 is 17.6 Å². The Morgan fingerprint density at radius 2 is 2.11 bits per heavy atom. The first-order chi connectivity index (χ1) is 13.2. The zero-order valence-electron chi connectivity index (χ0n) is 16.7. The Bertz CT molecular complexity index is 600. The molecule has 1 saturated carbocycles. The average Bonchev–Trinajstić information content (AvgIpc) is 3.47. The SMILES string of the molecule is CCCC(=O)Nc1cccc(CN=C(NCC)NCCCOCC2CC2)c1. The molecular formula is C21H34N4O2. The van der Waals surface area contributed by atoms with Crippen molar-refractivity contribution in [3.63, 3.8) is 0 Å². The van der Waals surface area contributed by atoms with Crippen LogP contribution in [0.1, 0.15) is 51.5 Å². The lowest BCUT2D eigenvalue weighted by Crippen LogP contribution is -2.38. The molecule has 27 heavy (non-hydrogen) atoms. The standard InChI is InChI=1S/C21H34N4O2/c1-3-7-20(26)25-19-9-5-8-18(14-19)15-24-21(22-4-2)23-12-6-13-27-16-17-10-11-17/h5,8-9,14,17H,3-4,6-7,10-13,15-16H2,1-2H3,(H,25,26)(H2,22,23,24). The fourth-order valence-corrected chi connectivity index (χ4v) is 2.63. The van der Waals surface area contributed by atoms with Gasteiger partial charge in [0.15, 0.2) is 5.96 Å². The van der Waals surface area contributed by atoms with Gasteiger partial charge in [0.05, 0.1) is 6.54 Å². The Hall–Kier alpha value is -2.08. The summed E-state index contributed by atoms with van der Waals surface area (Å²) in [6.07, 6.45) is 5.02. The van der Waals surface area contributed by atoms with Crippen molar-refractivity contribution in [2.45, 2.75) is 52.5 Å². The molecule has 0 heterocycles. The number of hydrogen-bond acceptors (Lipinski definition) is 3. The van der Waals surface area contributed by atoms with Crippen LogP contribution in [0.5, 0.6) is 0 Å². The van der Waals surface area contributed by atoms with Crippen LogP contribution in [0.25, 0.3) is 0 Å². The minimum absolute atomic E-state index is 0.0528. The summed E-state index contributed by atoms with van der Waals surface area (Å²) in [5.41, 5.74) is 1.89. The number of aliphatic imine (C=N–C) groups is 1. The van der Waals surface area contributed by atoms with E-state index in [-0.39, 0.29) is 5.91 Å². The number of carbonyl (C=O) groups is 1. The molecule has 1 fully saturated rings. The van der Waals surface area contributed by atoms with Crippen LogP contribution in [-0.4, -0.2) is 38.2 Å². The molecule has 1 aromatic rings. The first-order valence-corrected chi connectivity index (χ1v) is 10.2. The minimum Gasteiger partial charge on any atom is -0.381 e. The normalized spacial score (nSPS) is 14.1. The number of anilines is 1. The van der Waals surface area contributed by atoms with Gasteiger partial charge in [0.25, 0.3) is 0 Å². The first-order valence-electron chi connectivity index (χ1n) is 10.2. The summed E-state index contributed by atoms with van der Waals surface area (Å²) in [6, 6.07) is 7.86. The largest absolute Gasteiger partial charge is 0.381 e. The lowest BCUT2D eigenvalue weighted by Gasteiger charge is -2.12. The summed E-state index contributed by atoms with van der Waals surface area (Å²) in [7, 11) is 0. The zero-order valence-corrected chi connectivity index (χ0v) is 16.7. The van der Waals surface area contributed by atoms with Crippen LogP contribution in [0.4, 0.5) is 5.69 Å². The quantitative estimate of drug-likeness (QED) is 0.298. The molecule has 2 rings (SSSR count). The molecule has 0 atom stereocenters. The van der Waals surface area contributed by atoms with E-state index in [1.807, 2.05) is 31.2 Å². The molecule has 1 amide bonds. The molecule has 0 aliphatic heterocycles. The number of amides is 1. The van der Waals surface area contributed by atoms with Crippen molar-refractivity contribution in [1.29, 1.82) is 0 Å². The summed E-state index contributed by atoms with van der Waals surface area (Å²) < 4.78 is 5.66. The van der Waals surface area contributed by atoms with Gasteiger partial charge in [-0.25, -0.2) is 4.99 Å². The lowest BCUT2D eigenvalue weighted by molar-refractivity contribution is -0.116. The number of carbonyl (C=O) groups excluding carboxylic acids is 1. The maximum atomic E-state index is 11.7. The summed E-state index contributed by atoms with van der Waals surface area (Å²) in [5.74, 6) is 1.68. The molecule has 1 aromatic carbocycles. The molecular weight excluding hydrogens is 340 g/mol. The maximum Gasteiger partial charge on any atom is 0.224 e. The minimum atomic E-state index is 0.0528. The van der Waals surface area contributed by atoms with Crippen LogP contribution in [0.3, 0.4) is 0 Å². The molecule has 6 nitrogen and oxygen atoms in total. The van der Waals surface area contributed by atoms with Crippen LogP contribution in [0, 0.1) is 5.92 Å². The predicted molar refractivity (Wildman–Crippen MR) is 111 cm³/mol. The second-order valence-corrected chi connectivity index (χ2v) is 6.99. The number of rotatable bonds is 12. The van der Waals surface area contributed by atoms with Crippen molar-refractivity contribution in [2.75, 3.05) is 31.6 Å². The highest BCUT2D eigenvalue weighted by Crippen LogP contribution is 2.28. The Morgan fingerprint density at radius 1 is 1.26 bits per heavy atom. The van der Waals surface area contributed by atoms with Gasteiger partial charge in [-0.05, 0) is 56.2 Å². The molecule has 0 unspecified atom stereocenters. The van der Waals surface area contributed by atoms with Gasteiger partial charge in [-0.1, -0.05) is 19.1 Å². The molecule has 3 N–H and O–H groups in total. The van der Waals surface area contributed by atoms with E-state index in [9.17, 15) is 4.79 Å². The zero-order chi connectivity index (χ0) is 19.3. The molecule has 0 radical (unpaired) electrons. The third-order valence-corrected chi connectivity index (χ3v) is 4.26. The Balaban J connectivity index is 1.75. The Morgan fingerprint density at radius 3 is 2.85 bits per heavy atom. The van der Waals surface area contributed by atoms with E-state index in [1.54, 1.807) is 0 Å². The number of nitrogens with zero attached hydrogens (tertiary/aromatic N) is 1. The number of ether oxygens (including phenoxy) is 1. The monoisotopic (exact) mass is 374 g/mol. The van der Waals surface area contributed by atoms with Crippen LogP contribution in [0.15, 0.2) is 29.3 Å². The Kier molecular flexibility index (Phi) is 9.69. The van der Waals surface area contributed by atoms with E-state index in [0.717, 1.165) is 62.3 Å². The van der Waals surface area contributed by atoms with Crippen molar-refractivity contribution in [1.82, 2.24) is 10.6 Å². The molecule has 6 heteroatoms. The molecule has 150 valence electrons. The number of guanidine groups is 1. The topological polar surface area (TPSA) is 74.8 Å². The number of nitrogens with one attached hydrogen (secondary N) is 3. The number of benzene rings is 1. The number of hydrogen-bond donors (Lipinski definition) is 3. The highest BCUT2D eigenvalue weighted by atomic mass is 16.5. The average molecular weight is 375 g/mol. The summed E-state index contributed by atoms with van der Waals surface area (Å²) in [4.78, 5) is 16.4. The van der Waals surface area contributed by atoms with Gasteiger partial charge < -0.3 is 20.7 Å². The molecule has 1 aliphatic carbocycles. The molecule has 0 spiro atoms. The van der Waals surface area contributed by atoms with Crippen LogP contribution in [0.2, 0.25) is 0 Å². The molecule has 1 aliphatic rings. The first kappa shape index (κ1) is 21.2. The van der Waals surface area contributed by atoms with Gasteiger partial charge in [-0.3, -0.25) is 4.79 Å². The maximum absolute atomic E-state index is 11.7. The summed E-state index contributed by atoms with van der Waals surface area (Å²) in [6.45, 7) is 7.98. The van der Waals surface area contributed by atoms with E-state index in [4.69, 9.17) is 4.74 Å². The van der Waals surface area contributed by atoms with Gasteiger partial charge in [0, 0.05) is 38.4 Å². The van der Waals surface area contributed by atoms with Crippen molar-refractivity contribution < 1.29 is 9.53 Å². The predicted octanol–water partition coefficient (Wildman–Crippen LogP) is 3.30. The van der Waals surface area contributed by atoms with Crippen LogP contribution >= 0.6 is 0 Å². The Labute approximate surface area is 163 Å². The highest BCUT2D eigenvalue weighted by molar-refractivity contribution is 5.90. The second-order valence-electron chi connectivity index (χ2n) is 6.99. The van der Waals surface area contributed by atoms with Crippen LogP contribution in [-0.2, 0) is 16.1 Å². The van der Waals surface area contributed by atoms with Gasteiger partial charge >= 0.3 is 0 Å². The highest BCUT2D eigenvalue weighted by Gasteiger charge is 2.20. The van der Waals surface area contributed by atoms with Crippen molar-refractivity contribution in [3.8, 4) is 0 Å². The molecule has 0 aromatic heterocycles. The van der Waals surface area contributed by atoms with E-state index in [0.29, 0.717) is 13.0 Å². The molecule has 0 saturated heterocycles. The summed E-state index contributed by atoms with van der Waals surface area (Å²) in [5, 5.41) is 9.54. The van der Waals surface area contributed by atoms with Gasteiger partial charge in [0.2, 0.25) is 5.91 Å². The second kappa shape index (κ2) is 12.3. The van der Waals surface area contributed by atoms with Crippen molar-refractivity contribution in [2.24, 2.45) is 10.9 Å². The van der Waals surface area contributed by atoms with E-state index < -0.39 is 0 Å². The smallest absolute Gasteiger partial charge is 0.224 e. The lowest BCUT2D eigenvalue weighted by atomic mass is 10.2. The summed E-state index contributed by atoms with van der Waals surface area (Å²) >= 11 is 0. The van der Waals surface area contributed by atoms with E-state index in [1.165, 1.54) is 12.8 Å². The van der Waals surface area contributed by atoms with Gasteiger partial charge in [-0.2, -0.15) is 0 Å².